The van der Waals surface area contributed by atoms with Gasteiger partial charge in [-0.25, -0.2) is 22.4 Å². The Morgan fingerprint density at radius 3 is 2.32 bits per heavy atom. The van der Waals surface area contributed by atoms with Gasteiger partial charge in [-0.3, -0.25) is 9.69 Å². The summed E-state index contributed by atoms with van der Waals surface area (Å²) >= 11 is 6.64. The first-order chi connectivity index (χ1) is 22.5. The second kappa shape index (κ2) is 13.0. The van der Waals surface area contributed by atoms with Crippen LogP contribution in [0.15, 0.2) is 65.6 Å². The molecule has 0 bridgehead atoms. The van der Waals surface area contributed by atoms with Crippen molar-refractivity contribution in [1.82, 2.24) is 14.7 Å². The fraction of sp³-hybridized carbons (Fsp3) is 0.412. The third-order valence-electron chi connectivity index (χ3n) is 9.15. The van der Waals surface area contributed by atoms with Crippen LogP contribution in [0.25, 0.3) is 0 Å². The van der Waals surface area contributed by atoms with Crippen molar-refractivity contribution in [3.63, 3.8) is 0 Å². The quantitative estimate of drug-likeness (QED) is 0.306. The Bertz CT molecular complexity index is 1780. The lowest BCUT2D eigenvalue weighted by atomic mass is 9.80. The maximum atomic E-state index is 15.4. The standard InChI is InChI=1S/C34H39ClN4O7S/c1-36(2)33(41)46-31-8-7-19-38(31)34(28-20-23(9-16-30(28)45-4)22-37-17-5-6-18-37)27-21-24(35)10-15-29(27)39(32(34)40)47(42,43)26-13-11-25(44-3)12-14-26/h9-16,20-21,31H,5-8,17-19,22H2,1-4H3/t31-,34?/m0/s1. The van der Waals surface area contributed by atoms with Crippen molar-refractivity contribution in [3.05, 3.63) is 82.4 Å². The largest absolute Gasteiger partial charge is 0.497 e. The molecule has 3 aliphatic rings. The number of rotatable bonds is 9. The Kier molecular flexibility index (Phi) is 9.14. The number of nitrogens with zero attached hydrogens (tertiary/aromatic N) is 4. The van der Waals surface area contributed by atoms with E-state index in [4.69, 9.17) is 25.8 Å². The maximum Gasteiger partial charge on any atom is 0.410 e. The van der Waals surface area contributed by atoms with Gasteiger partial charge >= 0.3 is 6.09 Å². The van der Waals surface area contributed by atoms with Crippen molar-refractivity contribution < 1.29 is 32.2 Å². The summed E-state index contributed by atoms with van der Waals surface area (Å²) in [5.41, 5.74) is 0.129. The molecule has 2 fully saturated rings. The number of carbonyl (C=O) groups is 2. The molecule has 0 aromatic heterocycles. The maximum absolute atomic E-state index is 15.4. The number of ether oxygens (including phenoxy) is 3. The number of carbonyl (C=O) groups excluding carboxylic acids is 2. The highest BCUT2D eigenvalue weighted by Crippen LogP contribution is 2.55. The van der Waals surface area contributed by atoms with Crippen molar-refractivity contribution in [2.24, 2.45) is 0 Å². The zero-order valence-electron chi connectivity index (χ0n) is 26.9. The highest BCUT2D eigenvalue weighted by Gasteiger charge is 2.63. The molecule has 13 heteroatoms. The van der Waals surface area contributed by atoms with Gasteiger partial charge < -0.3 is 19.1 Å². The van der Waals surface area contributed by atoms with Crippen molar-refractivity contribution in [2.75, 3.05) is 52.3 Å². The Morgan fingerprint density at radius 2 is 1.66 bits per heavy atom. The topological polar surface area (TPSA) is 109 Å². The molecule has 11 nitrogen and oxygen atoms in total. The van der Waals surface area contributed by atoms with Crippen molar-refractivity contribution >= 4 is 39.3 Å². The Labute approximate surface area is 280 Å². The summed E-state index contributed by atoms with van der Waals surface area (Å²) in [7, 11) is 1.72. The van der Waals surface area contributed by atoms with Crippen LogP contribution in [0.5, 0.6) is 11.5 Å². The summed E-state index contributed by atoms with van der Waals surface area (Å²) < 4.78 is 47.0. The fourth-order valence-electron chi connectivity index (χ4n) is 6.93. The van der Waals surface area contributed by atoms with Gasteiger partial charge in [0.1, 0.15) is 11.5 Å². The molecular formula is C34H39ClN4O7S. The van der Waals surface area contributed by atoms with Crippen LogP contribution in [0, 0.1) is 0 Å². The van der Waals surface area contributed by atoms with E-state index in [1.54, 1.807) is 37.2 Å². The molecule has 0 saturated carbocycles. The summed E-state index contributed by atoms with van der Waals surface area (Å²) in [6.07, 6.45) is 1.83. The highest BCUT2D eigenvalue weighted by atomic mass is 35.5. The molecule has 2 amide bonds. The molecule has 2 saturated heterocycles. The number of methoxy groups -OCH3 is 2. The van der Waals surface area contributed by atoms with Gasteiger partial charge in [-0.05, 0) is 98.9 Å². The number of benzene rings is 3. The minimum absolute atomic E-state index is 0.0879. The lowest BCUT2D eigenvalue weighted by molar-refractivity contribution is -0.132. The predicted octanol–water partition coefficient (Wildman–Crippen LogP) is 5.05. The van der Waals surface area contributed by atoms with Crippen LogP contribution < -0.4 is 13.8 Å². The van der Waals surface area contributed by atoms with Crippen LogP contribution in [-0.2, 0) is 31.6 Å². The van der Waals surface area contributed by atoms with Gasteiger partial charge in [0.2, 0.25) is 0 Å². The third kappa shape index (κ3) is 5.71. The first-order valence-corrected chi connectivity index (χ1v) is 17.4. The number of hydrogen-bond acceptors (Lipinski definition) is 9. The Morgan fingerprint density at radius 1 is 0.936 bits per heavy atom. The van der Waals surface area contributed by atoms with Crippen LogP contribution >= 0.6 is 11.6 Å². The van der Waals surface area contributed by atoms with Crippen LogP contribution in [0.3, 0.4) is 0 Å². The molecule has 6 rings (SSSR count). The Hall–Kier alpha value is -3.84. The molecule has 1 unspecified atom stereocenters. The zero-order valence-corrected chi connectivity index (χ0v) is 28.5. The molecule has 47 heavy (non-hydrogen) atoms. The van der Waals surface area contributed by atoms with Gasteiger partial charge in [-0.1, -0.05) is 17.7 Å². The molecule has 3 heterocycles. The molecule has 0 N–H and O–H groups in total. The average Bonchev–Trinajstić information content (AvgIpc) is 3.80. The highest BCUT2D eigenvalue weighted by molar-refractivity contribution is 7.93. The monoisotopic (exact) mass is 682 g/mol. The van der Waals surface area contributed by atoms with E-state index >= 15 is 4.79 Å². The third-order valence-corrected chi connectivity index (χ3v) is 11.1. The number of likely N-dealkylation sites (tertiary alicyclic amines) is 2. The van der Waals surface area contributed by atoms with E-state index in [9.17, 15) is 13.2 Å². The van der Waals surface area contributed by atoms with E-state index in [1.807, 2.05) is 18.2 Å². The number of hydrogen-bond donors (Lipinski definition) is 0. The normalized spacial score (nSPS) is 21.6. The zero-order chi connectivity index (χ0) is 33.5. The molecule has 2 atom stereocenters. The van der Waals surface area contributed by atoms with Crippen molar-refractivity contribution in [2.45, 2.75) is 48.9 Å². The first kappa shape index (κ1) is 33.1. The lowest BCUT2D eigenvalue weighted by Crippen LogP contribution is -2.57. The average molecular weight is 683 g/mol. The summed E-state index contributed by atoms with van der Waals surface area (Å²) in [5.74, 6) is 0.123. The van der Waals surface area contributed by atoms with Crippen LogP contribution in [-0.4, -0.2) is 89.3 Å². The minimum Gasteiger partial charge on any atom is -0.497 e. The van der Waals surface area contributed by atoms with Crippen molar-refractivity contribution in [1.29, 1.82) is 0 Å². The fourth-order valence-corrected chi connectivity index (χ4v) is 8.56. The number of fused-ring (bicyclic) bond motifs is 1. The van der Waals surface area contributed by atoms with Crippen LogP contribution in [0.1, 0.15) is 42.4 Å². The van der Waals surface area contributed by atoms with E-state index in [0.717, 1.165) is 35.8 Å². The van der Waals surface area contributed by atoms with Gasteiger partial charge in [0, 0.05) is 43.3 Å². The van der Waals surface area contributed by atoms with E-state index < -0.39 is 33.8 Å². The van der Waals surface area contributed by atoms with Crippen LogP contribution in [0.2, 0.25) is 5.02 Å². The van der Waals surface area contributed by atoms with E-state index in [2.05, 4.69) is 4.90 Å². The van der Waals surface area contributed by atoms with E-state index in [0.29, 0.717) is 53.6 Å². The summed E-state index contributed by atoms with van der Waals surface area (Å²) in [6.45, 7) is 2.91. The molecule has 0 spiro atoms. The molecule has 250 valence electrons. The number of halogens is 1. The smallest absolute Gasteiger partial charge is 0.410 e. The second-order valence-electron chi connectivity index (χ2n) is 12.2. The molecule has 3 aliphatic heterocycles. The first-order valence-electron chi connectivity index (χ1n) is 15.6. The van der Waals surface area contributed by atoms with E-state index in [-0.39, 0.29) is 10.6 Å². The van der Waals surface area contributed by atoms with E-state index in [1.165, 1.54) is 43.4 Å². The second-order valence-corrected chi connectivity index (χ2v) is 14.4. The van der Waals surface area contributed by atoms with Crippen LogP contribution in [0.4, 0.5) is 10.5 Å². The van der Waals surface area contributed by atoms with Gasteiger partial charge in [-0.2, -0.15) is 0 Å². The molecule has 3 aromatic carbocycles. The summed E-state index contributed by atoms with van der Waals surface area (Å²) in [4.78, 5) is 33.7. The number of amides is 2. The summed E-state index contributed by atoms with van der Waals surface area (Å²) in [5, 5.41) is 0.317. The lowest BCUT2D eigenvalue weighted by Gasteiger charge is -2.41. The number of sulfonamides is 1. The molecule has 0 radical (unpaired) electrons. The molecule has 0 aliphatic carbocycles. The van der Waals surface area contributed by atoms with Gasteiger partial charge in [0.05, 0.1) is 24.8 Å². The Balaban J connectivity index is 1.61. The molecular weight excluding hydrogens is 644 g/mol. The van der Waals surface area contributed by atoms with Gasteiger partial charge in [-0.15, -0.1) is 0 Å². The van der Waals surface area contributed by atoms with Crippen molar-refractivity contribution in [3.8, 4) is 11.5 Å². The predicted molar refractivity (Wildman–Crippen MR) is 177 cm³/mol. The van der Waals surface area contributed by atoms with Gasteiger partial charge in [0.25, 0.3) is 15.9 Å². The summed E-state index contributed by atoms with van der Waals surface area (Å²) in [6, 6.07) is 16.3. The number of anilines is 1. The SMILES string of the molecule is COc1ccc(S(=O)(=O)N2C(=O)C(c3cc(CN4CCCC4)ccc3OC)(N3CCC[C@@H]3OC(=O)N(C)C)c3cc(Cl)ccc32)cc1. The minimum atomic E-state index is -4.46. The molecule has 3 aromatic rings. The van der Waals surface area contributed by atoms with Gasteiger partial charge in [0.15, 0.2) is 11.8 Å².